The third-order valence-corrected chi connectivity index (χ3v) is 5.68. The van der Waals surface area contributed by atoms with Crippen LogP contribution in [0.4, 0.5) is 10.1 Å². The van der Waals surface area contributed by atoms with Crippen molar-refractivity contribution in [2.45, 2.75) is 19.4 Å². The Morgan fingerprint density at radius 3 is 2.34 bits per heavy atom. The summed E-state index contributed by atoms with van der Waals surface area (Å²) < 4.78 is 13.4. The molecule has 0 radical (unpaired) electrons. The van der Waals surface area contributed by atoms with Crippen LogP contribution in [0.15, 0.2) is 97.5 Å². The topological polar surface area (TPSA) is 75.2 Å². The van der Waals surface area contributed by atoms with E-state index in [0.29, 0.717) is 17.7 Å². The van der Waals surface area contributed by atoms with E-state index in [1.165, 1.54) is 47.8 Å². The van der Waals surface area contributed by atoms with Gasteiger partial charge in [0.15, 0.2) is 0 Å². The minimum absolute atomic E-state index is 0.147. The molecular weight excluding hydrogens is 443 g/mol. The summed E-state index contributed by atoms with van der Waals surface area (Å²) in [5, 5.41) is 2.84. The number of hydrogen-bond acceptors (Lipinski definition) is 4. The van der Waals surface area contributed by atoms with Crippen molar-refractivity contribution in [3.05, 3.63) is 126 Å². The van der Waals surface area contributed by atoms with Gasteiger partial charge in [-0.15, -0.1) is 0 Å². The molecule has 2 amide bonds. The molecule has 0 bridgehead atoms. The highest BCUT2D eigenvalue weighted by Gasteiger charge is 2.33. The molecule has 1 aromatic heterocycles. The van der Waals surface area contributed by atoms with Crippen LogP contribution in [0, 0.1) is 12.7 Å². The van der Waals surface area contributed by atoms with Crippen molar-refractivity contribution in [3.8, 4) is 0 Å². The van der Waals surface area contributed by atoms with Gasteiger partial charge in [0, 0.05) is 24.6 Å². The van der Waals surface area contributed by atoms with E-state index in [0.717, 1.165) is 11.1 Å². The molecule has 6 nitrogen and oxygen atoms in total. The van der Waals surface area contributed by atoms with E-state index in [1.54, 1.807) is 0 Å². The lowest BCUT2D eigenvalue weighted by Gasteiger charge is -2.32. The van der Waals surface area contributed by atoms with Crippen molar-refractivity contribution in [3.63, 3.8) is 0 Å². The van der Waals surface area contributed by atoms with E-state index in [9.17, 15) is 14.0 Å². The SMILES string of the molecule is Cc1ccccc1[C@H](C(=O)Nc1ccc(F)cc1)N(CCc1ccccc1)C(=O)c1cnccn1. The number of amides is 2. The van der Waals surface area contributed by atoms with Gasteiger partial charge >= 0.3 is 0 Å². The smallest absolute Gasteiger partial charge is 0.275 e. The zero-order valence-electron chi connectivity index (χ0n) is 19.3. The van der Waals surface area contributed by atoms with Crippen molar-refractivity contribution in [1.82, 2.24) is 14.9 Å². The summed E-state index contributed by atoms with van der Waals surface area (Å²) in [5.74, 6) is -1.21. The van der Waals surface area contributed by atoms with Gasteiger partial charge in [-0.3, -0.25) is 14.6 Å². The molecule has 0 fully saturated rings. The Labute approximate surface area is 203 Å². The molecule has 7 heteroatoms. The Kier molecular flexibility index (Phi) is 7.57. The van der Waals surface area contributed by atoms with E-state index in [2.05, 4.69) is 15.3 Å². The number of rotatable bonds is 8. The molecule has 4 aromatic rings. The molecule has 0 aliphatic heterocycles. The standard InChI is InChI=1S/C28H25FN4O2/c1-20-7-5-6-10-24(20)26(27(34)32-23-13-11-22(29)12-14-23)33(18-15-21-8-3-2-4-9-21)28(35)25-19-30-16-17-31-25/h2-14,16-17,19,26H,15,18H2,1H3,(H,32,34)/t26-/m1/s1. The second-order valence-electron chi connectivity index (χ2n) is 8.08. The highest BCUT2D eigenvalue weighted by Crippen LogP contribution is 2.28. The zero-order valence-corrected chi connectivity index (χ0v) is 19.3. The second-order valence-corrected chi connectivity index (χ2v) is 8.08. The highest BCUT2D eigenvalue weighted by atomic mass is 19.1. The maximum atomic E-state index is 13.7. The van der Waals surface area contributed by atoms with Crippen LogP contribution in [0.25, 0.3) is 0 Å². The first-order chi connectivity index (χ1) is 17.0. The average molecular weight is 469 g/mol. The van der Waals surface area contributed by atoms with Crippen LogP contribution in [-0.4, -0.2) is 33.2 Å². The largest absolute Gasteiger partial charge is 0.324 e. The molecule has 0 spiro atoms. The number of aromatic nitrogens is 2. The van der Waals surface area contributed by atoms with Gasteiger partial charge in [-0.1, -0.05) is 54.6 Å². The first kappa shape index (κ1) is 23.8. The Hall–Kier alpha value is -4.39. The van der Waals surface area contributed by atoms with Crippen LogP contribution in [0.5, 0.6) is 0 Å². The van der Waals surface area contributed by atoms with E-state index < -0.39 is 23.7 Å². The van der Waals surface area contributed by atoms with E-state index in [4.69, 9.17) is 0 Å². The van der Waals surface area contributed by atoms with Gasteiger partial charge < -0.3 is 10.2 Å². The minimum Gasteiger partial charge on any atom is -0.324 e. The predicted octanol–water partition coefficient (Wildman–Crippen LogP) is 4.99. The van der Waals surface area contributed by atoms with Crippen LogP contribution in [0.2, 0.25) is 0 Å². The maximum Gasteiger partial charge on any atom is 0.275 e. The Balaban J connectivity index is 1.74. The highest BCUT2D eigenvalue weighted by molar-refractivity contribution is 6.01. The van der Waals surface area contributed by atoms with Crippen molar-refractivity contribution in [2.75, 3.05) is 11.9 Å². The molecule has 1 heterocycles. The van der Waals surface area contributed by atoms with Crippen LogP contribution in [0.3, 0.4) is 0 Å². The molecule has 4 rings (SSSR count). The molecule has 35 heavy (non-hydrogen) atoms. The van der Waals surface area contributed by atoms with Gasteiger partial charge in [0.25, 0.3) is 11.8 Å². The average Bonchev–Trinajstić information content (AvgIpc) is 2.89. The molecule has 0 saturated carbocycles. The molecule has 1 atom stereocenters. The number of carbonyl (C=O) groups excluding carboxylic acids is 2. The quantitative estimate of drug-likeness (QED) is 0.395. The number of aryl methyl sites for hydroxylation is 1. The van der Waals surface area contributed by atoms with Crippen molar-refractivity contribution in [1.29, 1.82) is 0 Å². The summed E-state index contributed by atoms with van der Waals surface area (Å²) in [4.78, 5) is 37.1. The third-order valence-electron chi connectivity index (χ3n) is 5.68. The lowest BCUT2D eigenvalue weighted by molar-refractivity contribution is -0.120. The van der Waals surface area contributed by atoms with Gasteiger partial charge in [-0.25, -0.2) is 9.37 Å². The summed E-state index contributed by atoms with van der Waals surface area (Å²) in [5.41, 5.74) is 3.17. The summed E-state index contributed by atoms with van der Waals surface area (Å²) >= 11 is 0. The fraction of sp³-hybridized carbons (Fsp3) is 0.143. The Bertz CT molecular complexity index is 1280. The summed E-state index contributed by atoms with van der Waals surface area (Å²) in [6.07, 6.45) is 4.87. The molecule has 0 unspecified atom stereocenters. The molecule has 0 aliphatic carbocycles. The first-order valence-electron chi connectivity index (χ1n) is 11.3. The normalized spacial score (nSPS) is 11.5. The van der Waals surface area contributed by atoms with Gasteiger partial charge in [0.05, 0.1) is 6.20 Å². The van der Waals surface area contributed by atoms with Crippen LogP contribution >= 0.6 is 0 Å². The van der Waals surface area contributed by atoms with Crippen LogP contribution in [-0.2, 0) is 11.2 Å². The van der Waals surface area contributed by atoms with Gasteiger partial charge in [0.2, 0.25) is 0 Å². The second kappa shape index (κ2) is 11.2. The zero-order chi connectivity index (χ0) is 24.6. The van der Waals surface area contributed by atoms with Crippen molar-refractivity contribution in [2.24, 2.45) is 0 Å². The van der Waals surface area contributed by atoms with Crippen molar-refractivity contribution >= 4 is 17.5 Å². The molecule has 1 N–H and O–H groups in total. The summed E-state index contributed by atoms with van der Waals surface area (Å²) in [7, 11) is 0. The number of benzene rings is 3. The minimum atomic E-state index is -0.945. The molecule has 0 aliphatic rings. The fourth-order valence-electron chi connectivity index (χ4n) is 3.89. The molecular formula is C28H25FN4O2. The van der Waals surface area contributed by atoms with Crippen LogP contribution < -0.4 is 5.32 Å². The molecule has 176 valence electrons. The van der Waals surface area contributed by atoms with Gasteiger partial charge in [-0.2, -0.15) is 0 Å². The number of halogens is 1. The maximum absolute atomic E-state index is 13.7. The lowest BCUT2D eigenvalue weighted by Crippen LogP contribution is -2.43. The van der Waals surface area contributed by atoms with Gasteiger partial charge in [0.1, 0.15) is 17.6 Å². The number of nitrogens with one attached hydrogen (secondary N) is 1. The fourth-order valence-corrected chi connectivity index (χ4v) is 3.89. The predicted molar refractivity (Wildman–Crippen MR) is 132 cm³/mol. The van der Waals surface area contributed by atoms with Gasteiger partial charge in [-0.05, 0) is 54.3 Å². The third kappa shape index (κ3) is 5.95. The Morgan fingerprint density at radius 1 is 0.943 bits per heavy atom. The Morgan fingerprint density at radius 2 is 1.66 bits per heavy atom. The number of carbonyl (C=O) groups is 2. The van der Waals surface area contributed by atoms with Crippen molar-refractivity contribution < 1.29 is 14.0 Å². The first-order valence-corrected chi connectivity index (χ1v) is 11.3. The number of hydrogen-bond donors (Lipinski definition) is 1. The molecule has 3 aromatic carbocycles. The monoisotopic (exact) mass is 468 g/mol. The van der Waals surface area contributed by atoms with Crippen LogP contribution in [0.1, 0.15) is 33.2 Å². The number of anilines is 1. The summed E-state index contributed by atoms with van der Waals surface area (Å²) in [6, 6.07) is 21.8. The number of nitrogens with zero attached hydrogens (tertiary/aromatic N) is 3. The van der Waals surface area contributed by atoms with E-state index in [1.807, 2.05) is 61.5 Å². The lowest BCUT2D eigenvalue weighted by atomic mass is 9.98. The van der Waals surface area contributed by atoms with E-state index >= 15 is 0 Å². The summed E-state index contributed by atoms with van der Waals surface area (Å²) in [6.45, 7) is 2.17. The van der Waals surface area contributed by atoms with E-state index in [-0.39, 0.29) is 12.2 Å². The molecule has 0 saturated heterocycles.